The Bertz CT molecular complexity index is 1330. The molecule has 0 aliphatic carbocycles. The van der Waals surface area contributed by atoms with Gasteiger partial charge in [-0.2, -0.15) is 13.2 Å². The molecule has 1 aromatic heterocycles. The number of nitrogens with zero attached hydrogens (tertiary/aromatic N) is 3. The van der Waals surface area contributed by atoms with E-state index < -0.39 is 22.1 Å². The Balaban J connectivity index is 1.54. The molecule has 0 spiro atoms. The van der Waals surface area contributed by atoms with Gasteiger partial charge < -0.3 is 4.90 Å². The maximum absolute atomic E-state index is 12.8. The number of anilines is 1. The van der Waals surface area contributed by atoms with Gasteiger partial charge in [-0.25, -0.2) is 13.4 Å². The van der Waals surface area contributed by atoms with Crippen molar-refractivity contribution in [1.29, 1.82) is 0 Å². The van der Waals surface area contributed by atoms with E-state index in [4.69, 9.17) is 23.2 Å². The average Bonchev–Trinajstić information content (AvgIpc) is 3.10. The summed E-state index contributed by atoms with van der Waals surface area (Å²) in [4.78, 5) is 16.0. The van der Waals surface area contributed by atoms with Crippen molar-refractivity contribution in [2.24, 2.45) is 0 Å². The van der Waals surface area contributed by atoms with Crippen LogP contribution in [0.3, 0.4) is 0 Å². The number of amides is 1. The number of carbonyl (C=O) groups excluding carboxylic acids is 1. The van der Waals surface area contributed by atoms with E-state index in [0.717, 1.165) is 0 Å². The Kier molecular flexibility index (Phi) is 6.06. The summed E-state index contributed by atoms with van der Waals surface area (Å²) in [6.45, 7) is -0.409. The number of fused-ring (bicyclic) bond motifs is 1. The van der Waals surface area contributed by atoms with E-state index in [9.17, 15) is 26.4 Å². The van der Waals surface area contributed by atoms with Crippen molar-refractivity contribution in [1.82, 2.24) is 14.5 Å². The molecule has 0 fully saturated rings. The maximum Gasteiger partial charge on any atom is 0.471 e. The first kappa shape index (κ1) is 23.4. The Morgan fingerprint density at radius 1 is 1.06 bits per heavy atom. The molecule has 4 rings (SSSR count). The summed E-state index contributed by atoms with van der Waals surface area (Å²) in [5.74, 6) is -1.95. The van der Waals surface area contributed by atoms with E-state index in [1.54, 1.807) is 18.2 Å². The zero-order valence-electron chi connectivity index (χ0n) is 16.6. The van der Waals surface area contributed by atoms with Crippen molar-refractivity contribution < 1.29 is 26.4 Å². The first-order valence-corrected chi connectivity index (χ1v) is 11.7. The number of imidazole rings is 1. The van der Waals surface area contributed by atoms with Crippen molar-refractivity contribution >= 4 is 44.8 Å². The van der Waals surface area contributed by atoms with Gasteiger partial charge in [0.05, 0.1) is 4.90 Å². The van der Waals surface area contributed by atoms with Gasteiger partial charge in [0, 0.05) is 24.5 Å². The lowest BCUT2D eigenvalue weighted by atomic mass is 10.00. The summed E-state index contributed by atoms with van der Waals surface area (Å²) in [6, 6.07) is 10.5. The van der Waals surface area contributed by atoms with E-state index in [2.05, 4.69) is 9.71 Å². The van der Waals surface area contributed by atoms with Crippen LogP contribution in [0.25, 0.3) is 5.69 Å². The predicted molar refractivity (Wildman–Crippen MR) is 116 cm³/mol. The first-order valence-electron chi connectivity index (χ1n) is 9.45. The smallest absolute Gasteiger partial charge is 0.330 e. The highest BCUT2D eigenvalue weighted by molar-refractivity contribution is 7.92. The van der Waals surface area contributed by atoms with Gasteiger partial charge in [-0.05, 0) is 53.9 Å². The maximum atomic E-state index is 12.8. The van der Waals surface area contributed by atoms with Gasteiger partial charge in [0.15, 0.2) is 10.3 Å². The van der Waals surface area contributed by atoms with E-state index in [1.165, 1.54) is 35.2 Å². The Morgan fingerprint density at radius 2 is 1.76 bits per heavy atom. The fourth-order valence-corrected chi connectivity index (χ4v) is 4.88. The minimum absolute atomic E-state index is 0.0891. The summed E-state index contributed by atoms with van der Waals surface area (Å²) in [7, 11) is -4.04. The molecular weight excluding hydrogens is 504 g/mol. The number of nitrogens with one attached hydrogen (secondary N) is 1. The lowest BCUT2D eigenvalue weighted by molar-refractivity contribution is -0.186. The SMILES string of the molecule is O=C(N1CCc2ccc(S(=O)(=O)Nc3ccc(-n4cnc(Cl)c4Cl)cc3)cc2C1)C(F)(F)F. The van der Waals surface area contributed by atoms with Crippen molar-refractivity contribution in [3.05, 3.63) is 70.2 Å². The van der Waals surface area contributed by atoms with Gasteiger partial charge in [-0.15, -0.1) is 0 Å². The third-order valence-corrected chi connectivity index (χ3v) is 7.21. The van der Waals surface area contributed by atoms with Crippen LogP contribution in [0, 0.1) is 0 Å². The molecule has 0 saturated carbocycles. The van der Waals surface area contributed by atoms with Crippen molar-refractivity contribution in [3.8, 4) is 5.69 Å². The van der Waals surface area contributed by atoms with Gasteiger partial charge in [0.2, 0.25) is 0 Å². The number of alkyl halides is 3. The molecule has 2 heterocycles. The van der Waals surface area contributed by atoms with Crippen LogP contribution in [0.5, 0.6) is 0 Å². The molecule has 2 aromatic carbocycles. The molecule has 1 aliphatic rings. The molecule has 174 valence electrons. The Morgan fingerprint density at radius 3 is 2.36 bits per heavy atom. The molecule has 0 atom stereocenters. The van der Waals surface area contributed by atoms with E-state index in [1.807, 2.05) is 0 Å². The van der Waals surface area contributed by atoms with E-state index in [-0.39, 0.29) is 40.4 Å². The number of hydrogen-bond donors (Lipinski definition) is 1. The van der Waals surface area contributed by atoms with E-state index >= 15 is 0 Å². The molecule has 3 aromatic rings. The molecular formula is C20H15Cl2F3N4O3S. The van der Waals surface area contributed by atoms with Crippen LogP contribution < -0.4 is 4.72 Å². The number of hydrogen-bond acceptors (Lipinski definition) is 4. The lowest BCUT2D eigenvalue weighted by Gasteiger charge is -2.29. The number of carbonyl (C=O) groups is 1. The zero-order chi connectivity index (χ0) is 24.0. The normalized spacial score (nSPS) is 14.2. The highest BCUT2D eigenvalue weighted by Crippen LogP contribution is 2.28. The van der Waals surface area contributed by atoms with Crippen LogP contribution in [-0.4, -0.2) is 41.5 Å². The van der Waals surface area contributed by atoms with Crippen molar-refractivity contribution in [2.45, 2.75) is 24.0 Å². The average molecular weight is 519 g/mol. The zero-order valence-corrected chi connectivity index (χ0v) is 18.9. The number of halogens is 5. The van der Waals surface area contributed by atoms with Crippen molar-refractivity contribution in [2.75, 3.05) is 11.3 Å². The molecule has 7 nitrogen and oxygen atoms in total. The monoisotopic (exact) mass is 518 g/mol. The van der Waals surface area contributed by atoms with Gasteiger partial charge >= 0.3 is 12.1 Å². The third kappa shape index (κ3) is 4.80. The molecule has 1 aliphatic heterocycles. The van der Waals surface area contributed by atoms with Crippen molar-refractivity contribution in [3.63, 3.8) is 0 Å². The van der Waals surface area contributed by atoms with Crippen LogP contribution in [-0.2, 0) is 27.8 Å². The minimum atomic E-state index is -4.98. The molecule has 1 N–H and O–H groups in total. The Labute approximate surface area is 196 Å². The molecule has 0 bridgehead atoms. The highest BCUT2D eigenvalue weighted by atomic mass is 35.5. The quantitative estimate of drug-likeness (QED) is 0.553. The van der Waals surface area contributed by atoms with Gasteiger partial charge in [0.1, 0.15) is 6.33 Å². The second kappa shape index (κ2) is 8.54. The lowest BCUT2D eigenvalue weighted by Crippen LogP contribution is -2.43. The molecule has 13 heteroatoms. The second-order valence-corrected chi connectivity index (χ2v) is 9.65. The van der Waals surface area contributed by atoms with E-state index in [0.29, 0.717) is 21.7 Å². The number of aromatic nitrogens is 2. The number of sulfonamides is 1. The van der Waals surface area contributed by atoms with Crippen LogP contribution in [0.15, 0.2) is 53.7 Å². The summed E-state index contributed by atoms with van der Waals surface area (Å²) >= 11 is 11.9. The van der Waals surface area contributed by atoms with Crippen LogP contribution in [0.4, 0.5) is 18.9 Å². The molecule has 0 saturated heterocycles. The predicted octanol–water partition coefficient (Wildman–Crippen LogP) is 4.43. The molecule has 0 unspecified atom stereocenters. The van der Waals surface area contributed by atoms with Crippen LogP contribution in [0.1, 0.15) is 11.1 Å². The fraction of sp³-hybridized carbons (Fsp3) is 0.200. The number of benzene rings is 2. The molecule has 33 heavy (non-hydrogen) atoms. The second-order valence-electron chi connectivity index (χ2n) is 7.25. The summed E-state index contributed by atoms with van der Waals surface area (Å²) < 4.78 is 67.9. The molecule has 1 amide bonds. The van der Waals surface area contributed by atoms with Gasteiger partial charge in [0.25, 0.3) is 10.0 Å². The standard InChI is InChI=1S/C20H15Cl2F3N4O3S/c21-17-18(22)29(11-26-17)15-4-2-14(3-5-15)27-33(31,32)16-6-1-12-7-8-28(10-13(12)9-16)19(30)20(23,24)25/h1-6,9,11,27H,7-8,10H2. The summed E-state index contributed by atoms with van der Waals surface area (Å²) in [6.07, 6.45) is -3.36. The van der Waals surface area contributed by atoms with Crippen LogP contribution >= 0.6 is 23.2 Å². The first-order chi connectivity index (χ1) is 15.5. The largest absolute Gasteiger partial charge is 0.471 e. The summed E-state index contributed by atoms with van der Waals surface area (Å²) in [5.41, 5.74) is 1.90. The summed E-state index contributed by atoms with van der Waals surface area (Å²) in [5, 5.41) is 0.335. The van der Waals surface area contributed by atoms with Gasteiger partial charge in [-0.3, -0.25) is 14.1 Å². The minimum Gasteiger partial charge on any atom is -0.330 e. The fourth-order valence-electron chi connectivity index (χ4n) is 3.45. The topological polar surface area (TPSA) is 84.3 Å². The van der Waals surface area contributed by atoms with Crippen LogP contribution in [0.2, 0.25) is 10.3 Å². The third-order valence-electron chi connectivity index (χ3n) is 5.10. The highest BCUT2D eigenvalue weighted by Gasteiger charge is 2.43. The Hall–Kier alpha value is -2.76. The van der Waals surface area contributed by atoms with Gasteiger partial charge in [-0.1, -0.05) is 29.3 Å². The number of rotatable bonds is 4. The molecule has 0 radical (unpaired) electrons.